The Morgan fingerprint density at radius 2 is 2.08 bits per heavy atom. The zero-order chi connectivity index (χ0) is 19.1. The Hall–Kier alpha value is -2.75. The molecule has 0 saturated heterocycles. The number of carbonyl (C=O) groups excluding carboxylic acids is 3. The first-order chi connectivity index (χ1) is 12.2. The summed E-state index contributed by atoms with van der Waals surface area (Å²) >= 11 is 0. The summed E-state index contributed by atoms with van der Waals surface area (Å²) in [6.45, 7) is 0.0814. The van der Waals surface area contributed by atoms with E-state index in [1.54, 1.807) is 6.07 Å². The third kappa shape index (κ3) is 3.07. The third-order valence-corrected chi connectivity index (χ3v) is 4.75. The van der Waals surface area contributed by atoms with E-state index in [1.165, 1.54) is 17.0 Å². The molecule has 1 heterocycles. The SMILES string of the molecule is NNC(=O)c1ccc2c(c1)C(=O)N([C@@H]1CCCC(F)(F)[C@H]1OC(N)=O)C2. The number of nitrogens with zero attached hydrogens (tertiary/aromatic N) is 1. The maximum atomic E-state index is 14.3. The van der Waals surface area contributed by atoms with E-state index in [0.29, 0.717) is 5.56 Å². The Kier molecular flexibility index (Phi) is 4.53. The topological polar surface area (TPSA) is 128 Å². The molecule has 1 saturated carbocycles. The first-order valence-electron chi connectivity index (χ1n) is 8.03. The number of nitrogens with two attached hydrogens (primary N) is 2. The van der Waals surface area contributed by atoms with Gasteiger partial charge in [0.05, 0.1) is 6.04 Å². The lowest BCUT2D eigenvalue weighted by Gasteiger charge is -2.41. The van der Waals surface area contributed by atoms with Crippen molar-refractivity contribution in [2.45, 2.75) is 43.9 Å². The minimum absolute atomic E-state index is 0.0814. The van der Waals surface area contributed by atoms with Crippen molar-refractivity contribution in [3.05, 3.63) is 34.9 Å². The van der Waals surface area contributed by atoms with Crippen LogP contribution in [0.3, 0.4) is 0 Å². The number of ether oxygens (including phenoxy) is 1. The summed E-state index contributed by atoms with van der Waals surface area (Å²) in [4.78, 5) is 36.7. The van der Waals surface area contributed by atoms with Crippen LogP contribution in [0.2, 0.25) is 0 Å². The number of alkyl halides is 2. The highest BCUT2D eigenvalue weighted by atomic mass is 19.3. The Bertz CT molecular complexity index is 771. The molecule has 140 valence electrons. The van der Waals surface area contributed by atoms with Gasteiger partial charge in [0, 0.05) is 24.1 Å². The Balaban J connectivity index is 1.90. The fourth-order valence-electron chi connectivity index (χ4n) is 3.55. The average Bonchev–Trinajstić information content (AvgIpc) is 2.91. The van der Waals surface area contributed by atoms with Gasteiger partial charge in [0.25, 0.3) is 17.7 Å². The van der Waals surface area contributed by atoms with Gasteiger partial charge in [0.1, 0.15) is 0 Å². The normalized spacial score (nSPS) is 24.1. The lowest BCUT2D eigenvalue weighted by molar-refractivity contribution is -0.157. The van der Waals surface area contributed by atoms with Crippen molar-refractivity contribution in [1.82, 2.24) is 10.3 Å². The number of hydrogen-bond donors (Lipinski definition) is 3. The number of hydrazine groups is 1. The van der Waals surface area contributed by atoms with Crippen LogP contribution in [0.25, 0.3) is 0 Å². The van der Waals surface area contributed by atoms with E-state index < -0.39 is 42.4 Å². The van der Waals surface area contributed by atoms with Gasteiger partial charge in [-0.1, -0.05) is 6.07 Å². The van der Waals surface area contributed by atoms with Crippen LogP contribution in [0.1, 0.15) is 45.5 Å². The minimum Gasteiger partial charge on any atom is -0.438 e. The second-order valence-electron chi connectivity index (χ2n) is 6.36. The molecule has 10 heteroatoms. The molecule has 2 atom stereocenters. The van der Waals surface area contributed by atoms with Gasteiger partial charge < -0.3 is 15.4 Å². The van der Waals surface area contributed by atoms with Crippen molar-refractivity contribution in [2.75, 3.05) is 0 Å². The van der Waals surface area contributed by atoms with Gasteiger partial charge in [-0.3, -0.25) is 15.0 Å². The number of nitrogens with one attached hydrogen (secondary N) is 1. The van der Waals surface area contributed by atoms with Crippen LogP contribution in [0, 0.1) is 0 Å². The second kappa shape index (κ2) is 6.52. The monoisotopic (exact) mass is 368 g/mol. The van der Waals surface area contributed by atoms with E-state index in [4.69, 9.17) is 11.6 Å². The summed E-state index contributed by atoms with van der Waals surface area (Å²) in [5.74, 6) is 0.726. The Morgan fingerprint density at radius 3 is 2.73 bits per heavy atom. The van der Waals surface area contributed by atoms with E-state index in [0.717, 1.165) is 0 Å². The first-order valence-corrected chi connectivity index (χ1v) is 8.03. The highest BCUT2D eigenvalue weighted by Crippen LogP contribution is 2.40. The smallest absolute Gasteiger partial charge is 0.405 e. The number of halogens is 2. The highest BCUT2D eigenvalue weighted by Gasteiger charge is 2.53. The van der Waals surface area contributed by atoms with Gasteiger partial charge in [-0.15, -0.1) is 0 Å². The van der Waals surface area contributed by atoms with Gasteiger partial charge in [-0.25, -0.2) is 19.4 Å². The summed E-state index contributed by atoms with van der Waals surface area (Å²) < 4.78 is 33.2. The maximum Gasteiger partial charge on any atom is 0.405 e. The van der Waals surface area contributed by atoms with Gasteiger partial charge in [-0.05, 0) is 30.5 Å². The average molecular weight is 368 g/mol. The van der Waals surface area contributed by atoms with Gasteiger partial charge in [0.15, 0.2) is 6.10 Å². The Labute approximate surface area is 147 Å². The van der Waals surface area contributed by atoms with Crippen LogP contribution in [0.5, 0.6) is 0 Å². The molecule has 0 unspecified atom stereocenters. The predicted octanol–water partition coefficient (Wildman–Crippen LogP) is 0.898. The van der Waals surface area contributed by atoms with Crippen molar-refractivity contribution in [3.8, 4) is 0 Å². The van der Waals surface area contributed by atoms with E-state index in [9.17, 15) is 23.2 Å². The number of nitrogen functional groups attached to an aromatic ring is 1. The fraction of sp³-hybridized carbons (Fsp3) is 0.438. The predicted molar refractivity (Wildman–Crippen MR) is 85.0 cm³/mol. The van der Waals surface area contributed by atoms with Crippen molar-refractivity contribution < 1.29 is 27.9 Å². The van der Waals surface area contributed by atoms with Gasteiger partial charge in [-0.2, -0.15) is 0 Å². The second-order valence-corrected chi connectivity index (χ2v) is 6.36. The molecule has 0 bridgehead atoms. The first kappa shape index (κ1) is 18.1. The molecule has 1 fully saturated rings. The van der Waals surface area contributed by atoms with Crippen LogP contribution in [-0.2, 0) is 11.3 Å². The van der Waals surface area contributed by atoms with Gasteiger partial charge in [0.2, 0.25) is 0 Å². The quantitative estimate of drug-likeness (QED) is 0.415. The number of fused-ring (bicyclic) bond motifs is 1. The lowest BCUT2D eigenvalue weighted by atomic mass is 9.88. The van der Waals surface area contributed by atoms with E-state index in [1.807, 2.05) is 5.43 Å². The molecule has 1 aromatic carbocycles. The van der Waals surface area contributed by atoms with Crippen LogP contribution in [-0.4, -0.2) is 40.9 Å². The molecule has 5 N–H and O–H groups in total. The summed E-state index contributed by atoms with van der Waals surface area (Å²) in [5, 5.41) is 0. The molecular formula is C16H18F2N4O4. The molecule has 3 rings (SSSR count). The summed E-state index contributed by atoms with van der Waals surface area (Å²) in [6.07, 6.45) is -3.13. The van der Waals surface area contributed by atoms with E-state index >= 15 is 0 Å². The lowest BCUT2D eigenvalue weighted by Crippen LogP contribution is -2.56. The standard InChI is InChI=1S/C16H18F2N4O4/c17-16(18)5-1-2-11(12(16)26-15(19)25)22-7-9-4-3-8(13(23)21-20)6-10(9)14(22)24/h3-4,6,11-12H,1-2,5,7,20H2,(H2,19,25)(H,21,23)/t11-,12+/m1/s1. The Morgan fingerprint density at radius 1 is 1.35 bits per heavy atom. The number of amides is 3. The molecule has 1 aliphatic carbocycles. The molecular weight excluding hydrogens is 350 g/mol. The molecule has 1 aromatic rings. The van der Waals surface area contributed by atoms with Crippen molar-refractivity contribution in [2.24, 2.45) is 11.6 Å². The molecule has 1 aliphatic heterocycles. The van der Waals surface area contributed by atoms with Crippen molar-refractivity contribution in [1.29, 1.82) is 0 Å². The number of hydrogen-bond acceptors (Lipinski definition) is 5. The molecule has 2 aliphatic rings. The van der Waals surface area contributed by atoms with Crippen molar-refractivity contribution in [3.63, 3.8) is 0 Å². The number of benzene rings is 1. The number of carbonyl (C=O) groups is 3. The van der Waals surface area contributed by atoms with E-state index in [-0.39, 0.29) is 30.5 Å². The maximum absolute atomic E-state index is 14.3. The van der Waals surface area contributed by atoms with E-state index in [2.05, 4.69) is 4.74 Å². The fourth-order valence-corrected chi connectivity index (χ4v) is 3.55. The molecule has 3 amide bonds. The van der Waals surface area contributed by atoms with Crippen molar-refractivity contribution >= 4 is 17.9 Å². The molecule has 0 radical (unpaired) electrons. The summed E-state index contributed by atoms with van der Waals surface area (Å²) in [5.41, 5.74) is 7.91. The molecule has 0 spiro atoms. The van der Waals surface area contributed by atoms with Crippen LogP contribution in [0.4, 0.5) is 13.6 Å². The van der Waals surface area contributed by atoms with Crippen LogP contribution in [0.15, 0.2) is 18.2 Å². The summed E-state index contributed by atoms with van der Waals surface area (Å²) in [7, 11) is 0. The van der Waals surface area contributed by atoms with Crippen LogP contribution < -0.4 is 17.0 Å². The zero-order valence-corrected chi connectivity index (χ0v) is 13.7. The minimum atomic E-state index is -3.28. The largest absolute Gasteiger partial charge is 0.438 e. The highest BCUT2D eigenvalue weighted by molar-refractivity contribution is 6.02. The van der Waals surface area contributed by atoms with Crippen LogP contribution >= 0.6 is 0 Å². The molecule has 8 nitrogen and oxygen atoms in total. The molecule has 0 aromatic heterocycles. The third-order valence-electron chi connectivity index (χ3n) is 4.75. The zero-order valence-electron chi connectivity index (χ0n) is 13.7. The molecule has 26 heavy (non-hydrogen) atoms. The number of rotatable bonds is 3. The van der Waals surface area contributed by atoms with Gasteiger partial charge >= 0.3 is 6.09 Å². The summed E-state index contributed by atoms with van der Waals surface area (Å²) in [6, 6.07) is 3.43. The number of primary amides is 1.